The Kier molecular flexibility index (Phi) is 8.53. The Balaban J connectivity index is 0.000000555. The molecule has 19 heavy (non-hydrogen) atoms. The van der Waals surface area contributed by atoms with E-state index in [-0.39, 0.29) is 6.61 Å². The van der Waals surface area contributed by atoms with Crippen molar-refractivity contribution in [1.29, 1.82) is 0 Å². The smallest absolute Gasteiger partial charge is 0.261 e. The Labute approximate surface area is 114 Å². The molecule has 3 N–H and O–H groups in total. The second kappa shape index (κ2) is 9.00. The summed E-state index contributed by atoms with van der Waals surface area (Å²) in [5.74, 6) is 0. The minimum Gasteiger partial charge on any atom is -0.395 e. The van der Waals surface area contributed by atoms with Crippen molar-refractivity contribution in [2.24, 2.45) is 0 Å². The van der Waals surface area contributed by atoms with Crippen molar-refractivity contribution in [2.45, 2.75) is 12.6 Å². The van der Waals surface area contributed by atoms with E-state index in [1.165, 1.54) is 0 Å². The summed E-state index contributed by atoms with van der Waals surface area (Å²) in [4.78, 5) is 1.73. The van der Waals surface area contributed by atoms with Gasteiger partial charge in [-0.25, -0.2) is 0 Å². The Morgan fingerprint density at radius 3 is 2.16 bits per heavy atom. The molecule has 0 radical (unpaired) electrons. The maximum absolute atomic E-state index is 9.72. The van der Waals surface area contributed by atoms with Crippen LogP contribution in [0.25, 0.3) is 0 Å². The summed E-state index contributed by atoms with van der Waals surface area (Å²) >= 11 is 0. The van der Waals surface area contributed by atoms with Crippen molar-refractivity contribution in [3.8, 4) is 0 Å². The van der Waals surface area contributed by atoms with Gasteiger partial charge in [-0.05, 0) is 12.6 Å². The molecule has 0 amide bonds. The topological polar surface area (TPSA) is 98.1 Å². The molecule has 0 aliphatic heterocycles. The summed E-state index contributed by atoms with van der Waals surface area (Å²) in [6, 6.07) is 9.82. The number of aliphatic hydroxyl groups is 2. The highest BCUT2D eigenvalue weighted by atomic mass is 32.2. The van der Waals surface area contributed by atoms with Crippen molar-refractivity contribution in [2.75, 3.05) is 26.5 Å². The molecule has 0 saturated heterocycles. The molecule has 1 aromatic rings. The third-order valence-corrected chi connectivity index (χ3v) is 2.22. The first kappa shape index (κ1) is 18.0. The van der Waals surface area contributed by atoms with Gasteiger partial charge in [0.05, 0.1) is 12.9 Å². The molecule has 0 bridgehead atoms. The van der Waals surface area contributed by atoms with Crippen LogP contribution in [-0.4, -0.2) is 60.8 Å². The van der Waals surface area contributed by atoms with Crippen molar-refractivity contribution in [3.63, 3.8) is 0 Å². The highest BCUT2D eigenvalue weighted by Gasteiger charge is 2.10. The van der Waals surface area contributed by atoms with E-state index in [9.17, 15) is 13.5 Å². The third kappa shape index (κ3) is 11.8. The highest BCUT2D eigenvalue weighted by Crippen LogP contribution is 2.04. The van der Waals surface area contributed by atoms with Crippen LogP contribution in [0.5, 0.6) is 0 Å². The fraction of sp³-hybridized carbons (Fsp3) is 0.500. The summed E-state index contributed by atoms with van der Waals surface area (Å²) in [6.45, 7) is 0.566. The first-order valence-electron chi connectivity index (χ1n) is 5.69. The molecule has 0 heterocycles. The minimum absolute atomic E-state index is 0.0718. The lowest BCUT2D eigenvalue weighted by atomic mass is 10.1. The van der Waals surface area contributed by atoms with Crippen LogP contribution in [0.2, 0.25) is 0 Å². The lowest BCUT2D eigenvalue weighted by Crippen LogP contribution is -2.35. The molecule has 1 atom stereocenters. The zero-order chi connectivity index (χ0) is 14.9. The molecule has 0 aromatic heterocycles. The summed E-state index contributed by atoms with van der Waals surface area (Å²) in [6.07, 6.45) is 0.786. The van der Waals surface area contributed by atoms with E-state index in [4.69, 9.17) is 9.66 Å². The van der Waals surface area contributed by atoms with Gasteiger partial charge >= 0.3 is 0 Å². The Bertz CT molecular complexity index is 427. The summed E-state index contributed by atoms with van der Waals surface area (Å²) in [5, 5.41) is 18.4. The predicted octanol–water partition coefficient (Wildman–Crippen LogP) is -0.0244. The van der Waals surface area contributed by atoms with Gasteiger partial charge in [0, 0.05) is 13.0 Å². The monoisotopic (exact) mass is 291 g/mol. The number of benzene rings is 1. The standard InChI is InChI=1S/C11H17NO2.CH4O3S/c1-12(7-8-13)11(14)9-10-5-3-2-4-6-10;1-5(2,3)4/h2-6,11,13-14H,7-9H2,1H3;1H3,(H,2,3,4). The Morgan fingerprint density at radius 2 is 1.74 bits per heavy atom. The summed E-state index contributed by atoms with van der Waals surface area (Å²) < 4.78 is 25.9. The molecule has 0 aliphatic rings. The second-order valence-electron chi connectivity index (χ2n) is 4.11. The molecule has 7 heteroatoms. The fourth-order valence-corrected chi connectivity index (χ4v) is 1.29. The van der Waals surface area contributed by atoms with Gasteiger partial charge in [0.2, 0.25) is 0 Å². The molecule has 6 nitrogen and oxygen atoms in total. The van der Waals surface area contributed by atoms with Crippen LogP contribution < -0.4 is 0 Å². The Hall–Kier alpha value is -0.990. The van der Waals surface area contributed by atoms with Crippen LogP contribution in [0.1, 0.15) is 5.56 Å². The maximum Gasteiger partial charge on any atom is 0.261 e. The van der Waals surface area contributed by atoms with Gasteiger partial charge in [-0.1, -0.05) is 30.3 Å². The van der Waals surface area contributed by atoms with Gasteiger partial charge in [0.25, 0.3) is 10.1 Å². The van der Waals surface area contributed by atoms with Crippen LogP contribution >= 0.6 is 0 Å². The first-order chi connectivity index (χ1) is 8.74. The van der Waals surface area contributed by atoms with E-state index in [0.717, 1.165) is 5.56 Å². The van der Waals surface area contributed by atoms with Gasteiger partial charge in [0.15, 0.2) is 0 Å². The van der Waals surface area contributed by atoms with E-state index in [1.807, 2.05) is 30.3 Å². The molecule has 0 aliphatic carbocycles. The number of hydrogen-bond donors (Lipinski definition) is 3. The Morgan fingerprint density at radius 1 is 1.26 bits per heavy atom. The first-order valence-corrected chi connectivity index (χ1v) is 7.54. The number of rotatable bonds is 5. The van der Waals surface area contributed by atoms with Crippen LogP contribution in [0, 0.1) is 0 Å². The van der Waals surface area contributed by atoms with E-state index < -0.39 is 16.3 Å². The highest BCUT2D eigenvalue weighted by molar-refractivity contribution is 7.85. The third-order valence-electron chi connectivity index (χ3n) is 2.22. The van der Waals surface area contributed by atoms with Gasteiger partial charge in [0.1, 0.15) is 6.23 Å². The summed E-state index contributed by atoms with van der Waals surface area (Å²) in [7, 11) is -1.87. The predicted molar refractivity (Wildman–Crippen MR) is 73.3 cm³/mol. The van der Waals surface area contributed by atoms with Gasteiger partial charge in [-0.2, -0.15) is 8.42 Å². The number of hydrogen-bond acceptors (Lipinski definition) is 5. The van der Waals surface area contributed by atoms with Crippen LogP contribution in [-0.2, 0) is 16.5 Å². The van der Waals surface area contributed by atoms with E-state index in [2.05, 4.69) is 0 Å². The van der Waals surface area contributed by atoms with Crippen molar-refractivity contribution < 1.29 is 23.2 Å². The zero-order valence-electron chi connectivity index (χ0n) is 11.1. The number of likely N-dealkylation sites (N-methyl/N-ethyl adjacent to an activating group) is 1. The molecule has 1 unspecified atom stereocenters. The average Bonchev–Trinajstić information content (AvgIpc) is 2.28. The normalized spacial score (nSPS) is 12.7. The molecule has 0 fully saturated rings. The molecule has 0 saturated carbocycles. The molecule has 0 spiro atoms. The van der Waals surface area contributed by atoms with Crippen molar-refractivity contribution in [3.05, 3.63) is 35.9 Å². The van der Waals surface area contributed by atoms with Crippen molar-refractivity contribution >= 4 is 10.1 Å². The number of nitrogens with zero attached hydrogens (tertiary/aromatic N) is 1. The van der Waals surface area contributed by atoms with E-state index >= 15 is 0 Å². The quantitative estimate of drug-likeness (QED) is 0.521. The SMILES string of the molecule is CN(CCO)C(O)Cc1ccccc1.CS(=O)(=O)O. The largest absolute Gasteiger partial charge is 0.395 e. The van der Waals surface area contributed by atoms with E-state index in [0.29, 0.717) is 19.2 Å². The fourth-order valence-electron chi connectivity index (χ4n) is 1.29. The van der Waals surface area contributed by atoms with Gasteiger partial charge in [-0.15, -0.1) is 0 Å². The number of aliphatic hydroxyl groups excluding tert-OH is 2. The van der Waals surface area contributed by atoms with Crippen LogP contribution in [0.3, 0.4) is 0 Å². The average molecular weight is 291 g/mol. The van der Waals surface area contributed by atoms with Crippen molar-refractivity contribution in [1.82, 2.24) is 4.90 Å². The molecular formula is C12H21NO5S. The lowest BCUT2D eigenvalue weighted by molar-refractivity contribution is 0.0135. The van der Waals surface area contributed by atoms with Crippen LogP contribution in [0.15, 0.2) is 30.3 Å². The molecule has 1 aromatic carbocycles. The molecular weight excluding hydrogens is 270 g/mol. The summed E-state index contributed by atoms with van der Waals surface area (Å²) in [5.41, 5.74) is 1.10. The lowest BCUT2D eigenvalue weighted by Gasteiger charge is -2.22. The molecule has 110 valence electrons. The zero-order valence-corrected chi connectivity index (χ0v) is 11.9. The van der Waals surface area contributed by atoms with Gasteiger partial charge < -0.3 is 10.2 Å². The van der Waals surface area contributed by atoms with E-state index in [1.54, 1.807) is 11.9 Å². The second-order valence-corrected chi connectivity index (χ2v) is 5.57. The van der Waals surface area contributed by atoms with Gasteiger partial charge in [-0.3, -0.25) is 9.45 Å². The minimum atomic E-state index is -3.67. The molecule has 1 rings (SSSR count). The van der Waals surface area contributed by atoms with Crippen LogP contribution in [0.4, 0.5) is 0 Å². The maximum atomic E-state index is 9.72.